The minimum atomic E-state index is -4.11. The molecule has 0 unspecified atom stereocenters. The summed E-state index contributed by atoms with van der Waals surface area (Å²) in [5.41, 5.74) is 1.22. The molecule has 0 spiro atoms. The van der Waals surface area contributed by atoms with Crippen LogP contribution in [0.3, 0.4) is 0 Å². The Balaban J connectivity index is 1.88. The third kappa shape index (κ3) is 5.68. The fourth-order valence-electron chi connectivity index (χ4n) is 2.62. The van der Waals surface area contributed by atoms with Gasteiger partial charge >= 0.3 is 10.1 Å². The molecule has 9 heteroatoms. The molecule has 162 valence electrons. The Hall–Kier alpha value is -3.31. The molecule has 3 rings (SSSR count). The number of nitrogens with one attached hydrogen (secondary N) is 1. The highest BCUT2D eigenvalue weighted by molar-refractivity contribution is 7.87. The number of hydrogen-bond acceptors (Lipinski definition) is 5. The monoisotopic (exact) mass is 486 g/mol. The molecular formula is C23H16Cl2N2O4S. The second-order valence-corrected chi connectivity index (χ2v) is 9.00. The van der Waals surface area contributed by atoms with E-state index in [1.165, 1.54) is 48.5 Å². The fraction of sp³-hybridized carbons (Fsp3) is 0.0435. The van der Waals surface area contributed by atoms with Gasteiger partial charge < -0.3 is 9.50 Å². The molecule has 0 aliphatic carbocycles. The molecule has 0 aliphatic rings. The predicted octanol–water partition coefficient (Wildman–Crippen LogP) is 5.62. The van der Waals surface area contributed by atoms with Crippen LogP contribution in [-0.4, -0.2) is 14.3 Å². The van der Waals surface area contributed by atoms with Crippen molar-refractivity contribution < 1.29 is 17.4 Å². The van der Waals surface area contributed by atoms with Gasteiger partial charge in [-0.1, -0.05) is 59.1 Å². The van der Waals surface area contributed by atoms with Crippen molar-refractivity contribution in [1.29, 1.82) is 5.26 Å². The van der Waals surface area contributed by atoms with E-state index in [2.05, 4.69) is 5.32 Å². The molecule has 32 heavy (non-hydrogen) atoms. The highest BCUT2D eigenvalue weighted by Gasteiger charge is 2.19. The van der Waals surface area contributed by atoms with Crippen LogP contribution < -0.4 is 9.50 Å². The predicted molar refractivity (Wildman–Crippen MR) is 124 cm³/mol. The summed E-state index contributed by atoms with van der Waals surface area (Å²) in [4.78, 5) is 12.5. The smallest absolute Gasteiger partial charge is 0.339 e. The van der Waals surface area contributed by atoms with Crippen LogP contribution in [0.1, 0.15) is 11.1 Å². The molecule has 0 saturated carbocycles. The zero-order valence-corrected chi connectivity index (χ0v) is 19.0. The molecule has 0 saturated heterocycles. The summed E-state index contributed by atoms with van der Waals surface area (Å²) in [6.07, 6.45) is 1.24. The largest absolute Gasteiger partial charge is 0.378 e. The van der Waals surface area contributed by atoms with E-state index in [4.69, 9.17) is 27.4 Å². The lowest BCUT2D eigenvalue weighted by atomic mass is 10.1. The molecule has 0 radical (unpaired) electrons. The summed E-state index contributed by atoms with van der Waals surface area (Å²) >= 11 is 11.8. The van der Waals surface area contributed by atoms with E-state index in [-0.39, 0.29) is 26.8 Å². The van der Waals surface area contributed by atoms with E-state index in [1.807, 2.05) is 13.0 Å². The molecule has 1 amide bonds. The van der Waals surface area contributed by atoms with Crippen molar-refractivity contribution in [2.24, 2.45) is 0 Å². The zero-order chi connectivity index (χ0) is 23.3. The number of nitrogens with zero attached hydrogens (tertiary/aromatic N) is 1. The summed E-state index contributed by atoms with van der Waals surface area (Å²) in [7, 11) is -4.11. The number of carbonyl (C=O) groups excluding carboxylic acids is 1. The third-order valence-electron chi connectivity index (χ3n) is 4.27. The Morgan fingerprint density at radius 3 is 2.38 bits per heavy atom. The number of aryl methyl sites for hydroxylation is 1. The number of anilines is 1. The quantitative estimate of drug-likeness (QED) is 0.277. The third-order valence-corrected chi connectivity index (χ3v) is 6.26. The van der Waals surface area contributed by atoms with Crippen LogP contribution in [0.2, 0.25) is 10.0 Å². The molecule has 0 aliphatic heterocycles. The van der Waals surface area contributed by atoms with Gasteiger partial charge in [-0.05, 0) is 49.4 Å². The zero-order valence-electron chi connectivity index (χ0n) is 16.7. The van der Waals surface area contributed by atoms with E-state index < -0.39 is 16.0 Å². The summed E-state index contributed by atoms with van der Waals surface area (Å²) in [5.74, 6) is -0.731. The van der Waals surface area contributed by atoms with E-state index in [9.17, 15) is 18.5 Å². The molecule has 6 nitrogen and oxygen atoms in total. The number of benzene rings is 3. The molecule has 0 bridgehead atoms. The highest BCUT2D eigenvalue weighted by atomic mass is 35.5. The van der Waals surface area contributed by atoms with Crippen LogP contribution in [0.15, 0.2) is 77.2 Å². The maximum atomic E-state index is 12.6. The number of carbonyl (C=O) groups is 1. The van der Waals surface area contributed by atoms with Crippen LogP contribution in [-0.2, 0) is 14.9 Å². The molecule has 3 aromatic rings. The summed E-state index contributed by atoms with van der Waals surface area (Å²) in [5, 5.41) is 12.6. The number of amides is 1. The first-order chi connectivity index (χ1) is 15.2. The van der Waals surface area contributed by atoms with Gasteiger partial charge in [0.1, 0.15) is 22.3 Å². The van der Waals surface area contributed by atoms with Crippen molar-refractivity contribution in [3.05, 3.63) is 93.5 Å². The fourth-order valence-corrected chi connectivity index (χ4v) is 3.88. The minimum absolute atomic E-state index is 0.0141. The molecule has 0 atom stereocenters. The van der Waals surface area contributed by atoms with Crippen LogP contribution >= 0.6 is 23.2 Å². The summed E-state index contributed by atoms with van der Waals surface area (Å²) in [6.45, 7) is 1.84. The van der Waals surface area contributed by atoms with Crippen molar-refractivity contribution in [3.63, 3.8) is 0 Å². The van der Waals surface area contributed by atoms with Gasteiger partial charge in [-0.3, -0.25) is 4.79 Å². The number of hydrogen-bond donors (Lipinski definition) is 1. The van der Waals surface area contributed by atoms with Gasteiger partial charge in [0, 0.05) is 11.3 Å². The highest BCUT2D eigenvalue weighted by Crippen LogP contribution is 2.27. The van der Waals surface area contributed by atoms with Gasteiger partial charge in [-0.2, -0.15) is 13.7 Å². The summed E-state index contributed by atoms with van der Waals surface area (Å²) < 4.78 is 30.6. The van der Waals surface area contributed by atoms with E-state index in [0.29, 0.717) is 10.7 Å². The number of rotatable bonds is 6. The first-order valence-electron chi connectivity index (χ1n) is 9.18. The number of nitriles is 1. The molecule has 1 N–H and O–H groups in total. The normalized spacial score (nSPS) is 11.5. The van der Waals surface area contributed by atoms with Gasteiger partial charge in [0.05, 0.1) is 10.0 Å². The number of para-hydroxylation sites is 1. The molecule has 0 heterocycles. The maximum absolute atomic E-state index is 12.6. The van der Waals surface area contributed by atoms with Crippen LogP contribution in [0.4, 0.5) is 5.69 Å². The standard InChI is InChI=1S/C23H16Cl2N2O4S/c1-15-6-9-19(10-7-15)32(29,30)31-22-5-3-2-4-16(22)12-17(14-26)23(28)27-18-8-11-20(24)21(25)13-18/h2-13H,1H3,(H,27,28)/b17-12-. The topological polar surface area (TPSA) is 96.3 Å². The molecule has 0 aromatic heterocycles. The Kier molecular flexibility index (Phi) is 7.21. The van der Waals surface area contributed by atoms with Crippen molar-refractivity contribution in [3.8, 4) is 11.8 Å². The van der Waals surface area contributed by atoms with Crippen molar-refractivity contribution in [2.45, 2.75) is 11.8 Å². The lowest BCUT2D eigenvalue weighted by Gasteiger charge is -2.10. The first kappa shape index (κ1) is 23.4. The SMILES string of the molecule is Cc1ccc(S(=O)(=O)Oc2ccccc2/C=C(/C#N)C(=O)Nc2ccc(Cl)c(Cl)c2)cc1. The van der Waals surface area contributed by atoms with Crippen molar-refractivity contribution >= 4 is 51.0 Å². The molecule has 3 aromatic carbocycles. The van der Waals surface area contributed by atoms with Crippen LogP contribution in [0.25, 0.3) is 6.08 Å². The van der Waals surface area contributed by atoms with E-state index in [0.717, 1.165) is 5.56 Å². The van der Waals surface area contributed by atoms with Gasteiger partial charge in [-0.15, -0.1) is 0 Å². The number of halogens is 2. The Morgan fingerprint density at radius 1 is 1.03 bits per heavy atom. The van der Waals surface area contributed by atoms with E-state index >= 15 is 0 Å². The lowest BCUT2D eigenvalue weighted by molar-refractivity contribution is -0.112. The second kappa shape index (κ2) is 9.88. The van der Waals surface area contributed by atoms with Crippen LogP contribution in [0, 0.1) is 18.3 Å². The van der Waals surface area contributed by atoms with Gasteiger partial charge in [0.15, 0.2) is 0 Å². The Labute approximate surface area is 195 Å². The van der Waals surface area contributed by atoms with Gasteiger partial charge in [0.2, 0.25) is 0 Å². The van der Waals surface area contributed by atoms with Crippen molar-refractivity contribution in [2.75, 3.05) is 5.32 Å². The van der Waals surface area contributed by atoms with E-state index in [1.54, 1.807) is 24.3 Å². The maximum Gasteiger partial charge on any atom is 0.339 e. The van der Waals surface area contributed by atoms with Crippen molar-refractivity contribution in [1.82, 2.24) is 0 Å². The average molecular weight is 487 g/mol. The molecule has 0 fully saturated rings. The second-order valence-electron chi connectivity index (χ2n) is 6.64. The Bertz CT molecular complexity index is 1350. The van der Waals surface area contributed by atoms with Gasteiger partial charge in [-0.25, -0.2) is 0 Å². The lowest BCUT2D eigenvalue weighted by Crippen LogP contribution is -2.14. The first-order valence-corrected chi connectivity index (χ1v) is 11.3. The Morgan fingerprint density at radius 2 is 1.72 bits per heavy atom. The van der Waals surface area contributed by atoms with Gasteiger partial charge in [0.25, 0.3) is 5.91 Å². The summed E-state index contributed by atoms with van der Waals surface area (Å²) in [6, 6.07) is 18.7. The van der Waals surface area contributed by atoms with Crippen LogP contribution in [0.5, 0.6) is 5.75 Å². The molecular weight excluding hydrogens is 471 g/mol. The average Bonchev–Trinajstić information content (AvgIpc) is 2.75. The minimum Gasteiger partial charge on any atom is -0.378 e.